The maximum absolute atomic E-state index is 11.6. The zero-order valence-corrected chi connectivity index (χ0v) is 16.2. The third-order valence-corrected chi connectivity index (χ3v) is 5.48. The average Bonchev–Trinajstić information content (AvgIpc) is 3.15. The molecule has 1 saturated heterocycles. The van der Waals surface area contributed by atoms with Gasteiger partial charge in [-0.05, 0) is 61.6 Å². The standard InChI is InChI=1S/C22H26N4O2/c1-2-13-25(19-8-11-23-12-9-19)26-15-10-18-16-17(6-7-21(18)26)20-5-3-4-14-24(20)22(27)28/h6-12,15-16,20H,2-5,13-14H2,1H3,(H,27,28). The molecule has 1 unspecified atom stereocenters. The fourth-order valence-electron chi connectivity index (χ4n) is 4.16. The van der Waals surface area contributed by atoms with Gasteiger partial charge in [-0.15, -0.1) is 0 Å². The summed E-state index contributed by atoms with van der Waals surface area (Å²) in [6, 6.07) is 12.4. The van der Waals surface area contributed by atoms with E-state index in [1.807, 2.05) is 24.5 Å². The highest BCUT2D eigenvalue weighted by Crippen LogP contribution is 2.33. The fourth-order valence-corrected chi connectivity index (χ4v) is 4.16. The summed E-state index contributed by atoms with van der Waals surface area (Å²) in [7, 11) is 0. The Labute approximate surface area is 165 Å². The van der Waals surface area contributed by atoms with E-state index in [-0.39, 0.29) is 6.04 Å². The van der Waals surface area contributed by atoms with Gasteiger partial charge >= 0.3 is 6.09 Å². The molecular weight excluding hydrogens is 352 g/mol. The Morgan fingerprint density at radius 1 is 1.21 bits per heavy atom. The van der Waals surface area contributed by atoms with Crippen LogP contribution in [-0.2, 0) is 0 Å². The number of carboxylic acid groups (broad SMARTS) is 1. The van der Waals surface area contributed by atoms with Crippen molar-refractivity contribution in [3.05, 3.63) is 60.6 Å². The molecule has 4 rings (SSSR count). The summed E-state index contributed by atoms with van der Waals surface area (Å²) in [5.41, 5.74) is 3.30. The molecule has 3 heterocycles. The van der Waals surface area contributed by atoms with Crippen molar-refractivity contribution in [2.75, 3.05) is 18.1 Å². The van der Waals surface area contributed by atoms with Crippen LogP contribution in [0.3, 0.4) is 0 Å². The van der Waals surface area contributed by atoms with Gasteiger partial charge in [0.1, 0.15) is 0 Å². The van der Waals surface area contributed by atoms with Gasteiger partial charge in [0.25, 0.3) is 0 Å². The van der Waals surface area contributed by atoms with Crippen LogP contribution in [0.4, 0.5) is 10.5 Å². The molecule has 1 aliphatic rings. The molecule has 1 amide bonds. The summed E-state index contributed by atoms with van der Waals surface area (Å²) in [4.78, 5) is 17.3. The first-order valence-electron chi connectivity index (χ1n) is 9.97. The number of rotatable bonds is 5. The second-order valence-electron chi connectivity index (χ2n) is 7.29. The number of hydrogen-bond donors (Lipinski definition) is 1. The van der Waals surface area contributed by atoms with Crippen LogP contribution in [0.25, 0.3) is 10.9 Å². The van der Waals surface area contributed by atoms with Gasteiger partial charge < -0.3 is 10.0 Å². The molecule has 146 valence electrons. The Morgan fingerprint density at radius 2 is 2.04 bits per heavy atom. The maximum atomic E-state index is 11.6. The van der Waals surface area contributed by atoms with Crippen LogP contribution in [0.2, 0.25) is 0 Å². The molecule has 0 radical (unpaired) electrons. The number of likely N-dealkylation sites (tertiary alicyclic amines) is 1. The van der Waals surface area contributed by atoms with Crippen molar-refractivity contribution in [2.24, 2.45) is 0 Å². The number of fused-ring (bicyclic) bond motifs is 1. The molecule has 0 bridgehead atoms. The van der Waals surface area contributed by atoms with Crippen LogP contribution < -0.4 is 5.01 Å². The molecule has 3 aromatic rings. The first-order chi connectivity index (χ1) is 13.7. The van der Waals surface area contributed by atoms with Crippen LogP contribution >= 0.6 is 0 Å². The van der Waals surface area contributed by atoms with Crippen LogP contribution in [0.1, 0.15) is 44.2 Å². The van der Waals surface area contributed by atoms with E-state index >= 15 is 0 Å². The predicted octanol–water partition coefficient (Wildman–Crippen LogP) is 4.92. The molecule has 1 fully saturated rings. The van der Waals surface area contributed by atoms with E-state index in [1.165, 1.54) is 0 Å². The third kappa shape index (κ3) is 3.42. The molecule has 1 atom stereocenters. The monoisotopic (exact) mass is 378 g/mol. The van der Waals surface area contributed by atoms with Gasteiger partial charge in [0.2, 0.25) is 0 Å². The van der Waals surface area contributed by atoms with Crippen molar-refractivity contribution < 1.29 is 9.90 Å². The SMILES string of the molecule is CCCN(c1ccncc1)n1ccc2cc(C3CCCCN3C(=O)O)ccc21. The molecule has 1 N–H and O–H groups in total. The lowest BCUT2D eigenvalue weighted by Gasteiger charge is -2.34. The summed E-state index contributed by atoms with van der Waals surface area (Å²) in [6.45, 7) is 3.68. The molecule has 0 spiro atoms. The molecule has 2 aromatic heterocycles. The Balaban J connectivity index is 1.70. The van der Waals surface area contributed by atoms with Crippen molar-refractivity contribution in [2.45, 2.75) is 38.6 Å². The van der Waals surface area contributed by atoms with Crippen LogP contribution in [-0.4, -0.2) is 38.8 Å². The Bertz CT molecular complexity index is 954. The smallest absolute Gasteiger partial charge is 0.407 e. The quantitative estimate of drug-likeness (QED) is 0.684. The minimum atomic E-state index is -0.825. The number of carbonyl (C=O) groups is 1. The summed E-state index contributed by atoms with van der Waals surface area (Å²) in [6.07, 6.45) is 8.80. The van der Waals surface area contributed by atoms with E-state index < -0.39 is 6.09 Å². The Hall–Kier alpha value is -3.02. The number of piperidine rings is 1. The van der Waals surface area contributed by atoms with Crippen molar-refractivity contribution in [3.8, 4) is 0 Å². The normalized spacial score (nSPS) is 17.0. The zero-order chi connectivity index (χ0) is 19.5. The predicted molar refractivity (Wildman–Crippen MR) is 111 cm³/mol. The number of anilines is 1. The molecule has 6 heteroatoms. The summed E-state index contributed by atoms with van der Waals surface area (Å²) < 4.78 is 2.17. The molecular formula is C22H26N4O2. The topological polar surface area (TPSA) is 61.6 Å². The van der Waals surface area contributed by atoms with E-state index in [0.717, 1.165) is 54.4 Å². The molecule has 6 nitrogen and oxygen atoms in total. The van der Waals surface area contributed by atoms with Crippen molar-refractivity contribution in [1.82, 2.24) is 14.6 Å². The lowest BCUT2D eigenvalue weighted by atomic mass is 9.95. The number of benzene rings is 1. The molecule has 28 heavy (non-hydrogen) atoms. The lowest BCUT2D eigenvalue weighted by molar-refractivity contribution is 0.107. The highest BCUT2D eigenvalue weighted by molar-refractivity contribution is 5.82. The molecule has 1 aliphatic heterocycles. The molecule has 1 aromatic carbocycles. The highest BCUT2D eigenvalue weighted by Gasteiger charge is 2.28. The average molecular weight is 378 g/mol. The van der Waals surface area contributed by atoms with Gasteiger partial charge in [-0.3, -0.25) is 14.7 Å². The van der Waals surface area contributed by atoms with Gasteiger partial charge in [0.15, 0.2) is 0 Å². The van der Waals surface area contributed by atoms with Gasteiger partial charge in [0, 0.05) is 37.1 Å². The zero-order valence-electron chi connectivity index (χ0n) is 16.2. The van der Waals surface area contributed by atoms with Gasteiger partial charge in [-0.1, -0.05) is 13.0 Å². The van der Waals surface area contributed by atoms with Gasteiger partial charge in [0.05, 0.1) is 17.2 Å². The van der Waals surface area contributed by atoms with Crippen LogP contribution in [0.5, 0.6) is 0 Å². The first kappa shape index (κ1) is 18.3. The third-order valence-electron chi connectivity index (χ3n) is 5.48. The van der Waals surface area contributed by atoms with E-state index in [1.54, 1.807) is 4.90 Å². The van der Waals surface area contributed by atoms with Crippen molar-refractivity contribution >= 4 is 22.7 Å². The highest BCUT2D eigenvalue weighted by atomic mass is 16.4. The van der Waals surface area contributed by atoms with E-state index in [9.17, 15) is 9.90 Å². The summed E-state index contributed by atoms with van der Waals surface area (Å²) >= 11 is 0. The van der Waals surface area contributed by atoms with Gasteiger partial charge in [-0.25, -0.2) is 4.79 Å². The number of pyridine rings is 1. The molecule has 0 aliphatic carbocycles. The minimum Gasteiger partial charge on any atom is -0.465 e. The number of aromatic nitrogens is 2. The summed E-state index contributed by atoms with van der Waals surface area (Å²) in [5.74, 6) is 0. The lowest BCUT2D eigenvalue weighted by Crippen LogP contribution is -2.37. The second-order valence-corrected chi connectivity index (χ2v) is 7.29. The number of amides is 1. The Kier molecular flexibility index (Phi) is 5.19. The maximum Gasteiger partial charge on any atom is 0.407 e. The number of hydrogen-bond acceptors (Lipinski definition) is 3. The van der Waals surface area contributed by atoms with Crippen molar-refractivity contribution in [3.63, 3.8) is 0 Å². The van der Waals surface area contributed by atoms with Crippen LogP contribution in [0.15, 0.2) is 55.0 Å². The van der Waals surface area contributed by atoms with E-state index in [0.29, 0.717) is 6.54 Å². The molecule has 0 saturated carbocycles. The first-order valence-corrected chi connectivity index (χ1v) is 9.97. The number of nitrogens with zero attached hydrogens (tertiary/aromatic N) is 4. The van der Waals surface area contributed by atoms with E-state index in [2.05, 4.69) is 52.1 Å². The van der Waals surface area contributed by atoms with Crippen molar-refractivity contribution in [1.29, 1.82) is 0 Å². The Morgan fingerprint density at radius 3 is 2.79 bits per heavy atom. The van der Waals surface area contributed by atoms with E-state index in [4.69, 9.17) is 0 Å². The largest absolute Gasteiger partial charge is 0.465 e. The van der Waals surface area contributed by atoms with Gasteiger partial charge in [-0.2, -0.15) is 0 Å². The second kappa shape index (κ2) is 7.92. The minimum absolute atomic E-state index is 0.0501. The fraction of sp³-hybridized carbons (Fsp3) is 0.364. The van der Waals surface area contributed by atoms with Crippen LogP contribution in [0, 0.1) is 0 Å². The summed E-state index contributed by atoms with van der Waals surface area (Å²) in [5, 5.41) is 12.9.